The first-order valence-corrected chi connectivity index (χ1v) is 8.63. The minimum atomic E-state index is -3.18. The van der Waals surface area contributed by atoms with Crippen LogP contribution in [0.25, 0.3) is 0 Å². The van der Waals surface area contributed by atoms with Gasteiger partial charge in [-0.05, 0) is 39.5 Å². The van der Waals surface area contributed by atoms with Crippen LogP contribution in [0.15, 0.2) is 0 Å². The number of aliphatic hydroxyl groups is 1. The maximum atomic E-state index is 12.3. The number of sulfonamides is 1. The summed E-state index contributed by atoms with van der Waals surface area (Å²) in [6.07, 6.45) is 5.52. The molecule has 0 radical (unpaired) electrons. The number of aliphatic hydroxyl groups excluding tert-OH is 1. The Balaban J connectivity index is 2.17. The van der Waals surface area contributed by atoms with Gasteiger partial charge in [0.1, 0.15) is 0 Å². The van der Waals surface area contributed by atoms with Gasteiger partial charge in [-0.2, -0.15) is 4.31 Å². The monoisotopic (exact) mass is 275 g/mol. The third-order valence-electron chi connectivity index (χ3n) is 4.45. The summed E-state index contributed by atoms with van der Waals surface area (Å²) in [7, 11) is -3.18. The van der Waals surface area contributed by atoms with E-state index in [1.165, 1.54) is 0 Å². The highest BCUT2D eigenvalue weighted by atomic mass is 32.2. The van der Waals surface area contributed by atoms with E-state index in [9.17, 15) is 13.5 Å². The van der Waals surface area contributed by atoms with Crippen LogP contribution in [-0.2, 0) is 10.0 Å². The van der Waals surface area contributed by atoms with E-state index in [1.54, 1.807) is 18.2 Å². The van der Waals surface area contributed by atoms with E-state index < -0.39 is 10.0 Å². The maximum absolute atomic E-state index is 12.3. The first kappa shape index (κ1) is 14.3. The lowest BCUT2D eigenvalue weighted by molar-refractivity contribution is 0.0385. The van der Waals surface area contributed by atoms with Gasteiger partial charge in [0.05, 0.1) is 11.4 Å². The molecule has 3 unspecified atom stereocenters. The van der Waals surface area contributed by atoms with Crippen LogP contribution in [0.1, 0.15) is 52.4 Å². The van der Waals surface area contributed by atoms with Gasteiger partial charge in [0, 0.05) is 18.5 Å². The third kappa shape index (κ3) is 2.58. The molecule has 1 N–H and O–H groups in total. The number of hydrogen-bond donors (Lipinski definition) is 1. The van der Waals surface area contributed by atoms with Gasteiger partial charge in [-0.25, -0.2) is 8.42 Å². The molecule has 1 saturated carbocycles. The van der Waals surface area contributed by atoms with E-state index in [4.69, 9.17) is 0 Å². The largest absolute Gasteiger partial charge is 0.393 e. The Bertz CT molecular complexity index is 380. The van der Waals surface area contributed by atoms with Crippen LogP contribution >= 0.6 is 0 Å². The Labute approximate surface area is 110 Å². The molecular formula is C13H25NO3S. The van der Waals surface area contributed by atoms with Gasteiger partial charge >= 0.3 is 0 Å². The fourth-order valence-corrected chi connectivity index (χ4v) is 4.93. The molecule has 5 heteroatoms. The molecule has 1 saturated heterocycles. The van der Waals surface area contributed by atoms with Crippen molar-refractivity contribution in [1.82, 2.24) is 4.31 Å². The zero-order valence-corrected chi connectivity index (χ0v) is 12.2. The van der Waals surface area contributed by atoms with Gasteiger partial charge < -0.3 is 5.11 Å². The summed E-state index contributed by atoms with van der Waals surface area (Å²) >= 11 is 0. The Morgan fingerprint density at radius 3 is 2.39 bits per heavy atom. The van der Waals surface area contributed by atoms with E-state index in [0.717, 1.165) is 38.5 Å². The summed E-state index contributed by atoms with van der Waals surface area (Å²) in [5.74, 6) is 0.148. The normalized spacial score (nSPS) is 35.2. The standard InChI is InChI=1S/C13H25NO3S/c1-10(2)18(16,17)14-9-5-7-12(14)11-6-3-4-8-13(11)15/h10-13,15H,3-9H2,1-2H3. The molecule has 3 atom stereocenters. The second-order valence-corrected chi connectivity index (χ2v) is 8.37. The average Bonchev–Trinajstić information content (AvgIpc) is 2.78. The summed E-state index contributed by atoms with van der Waals surface area (Å²) in [5.41, 5.74) is 0. The molecule has 4 nitrogen and oxygen atoms in total. The van der Waals surface area contributed by atoms with Gasteiger partial charge in [-0.1, -0.05) is 12.8 Å². The summed E-state index contributed by atoms with van der Waals surface area (Å²) in [6, 6.07) is 0.0349. The van der Waals surface area contributed by atoms with Crippen LogP contribution in [0.5, 0.6) is 0 Å². The first-order chi connectivity index (χ1) is 8.44. The lowest BCUT2D eigenvalue weighted by Crippen LogP contribution is -2.47. The van der Waals surface area contributed by atoms with E-state index in [0.29, 0.717) is 6.54 Å². The van der Waals surface area contributed by atoms with Crippen molar-refractivity contribution >= 4 is 10.0 Å². The van der Waals surface area contributed by atoms with Gasteiger partial charge in [-0.3, -0.25) is 0 Å². The fraction of sp³-hybridized carbons (Fsp3) is 1.00. The smallest absolute Gasteiger partial charge is 0.216 e. The zero-order valence-electron chi connectivity index (χ0n) is 11.4. The van der Waals surface area contributed by atoms with Gasteiger partial charge in [-0.15, -0.1) is 0 Å². The van der Waals surface area contributed by atoms with Crippen molar-refractivity contribution in [3.63, 3.8) is 0 Å². The van der Waals surface area contributed by atoms with Gasteiger partial charge in [0.15, 0.2) is 0 Å². The average molecular weight is 275 g/mol. The highest BCUT2D eigenvalue weighted by Gasteiger charge is 2.42. The highest BCUT2D eigenvalue weighted by Crippen LogP contribution is 2.36. The molecule has 1 aliphatic carbocycles. The van der Waals surface area contributed by atoms with E-state index >= 15 is 0 Å². The van der Waals surface area contributed by atoms with Crippen molar-refractivity contribution in [3.05, 3.63) is 0 Å². The zero-order chi connectivity index (χ0) is 13.3. The summed E-state index contributed by atoms with van der Waals surface area (Å²) in [5, 5.41) is 9.77. The maximum Gasteiger partial charge on any atom is 0.216 e. The van der Waals surface area contributed by atoms with Crippen molar-refractivity contribution in [1.29, 1.82) is 0 Å². The number of nitrogens with zero attached hydrogens (tertiary/aromatic N) is 1. The summed E-state index contributed by atoms with van der Waals surface area (Å²) < 4.78 is 26.4. The van der Waals surface area contributed by atoms with Crippen LogP contribution in [0.4, 0.5) is 0 Å². The van der Waals surface area contributed by atoms with Crippen LogP contribution in [0, 0.1) is 5.92 Å². The fourth-order valence-electron chi connectivity index (χ4n) is 3.37. The Morgan fingerprint density at radius 2 is 1.78 bits per heavy atom. The van der Waals surface area contributed by atoms with Crippen LogP contribution in [0.2, 0.25) is 0 Å². The van der Waals surface area contributed by atoms with Crippen LogP contribution < -0.4 is 0 Å². The molecular weight excluding hydrogens is 250 g/mol. The van der Waals surface area contributed by atoms with Gasteiger partial charge in [0.25, 0.3) is 0 Å². The minimum absolute atomic E-state index is 0.0349. The highest BCUT2D eigenvalue weighted by molar-refractivity contribution is 7.89. The predicted molar refractivity (Wildman–Crippen MR) is 71.7 cm³/mol. The molecule has 0 aromatic carbocycles. The molecule has 2 aliphatic rings. The molecule has 18 heavy (non-hydrogen) atoms. The van der Waals surface area contributed by atoms with E-state index in [2.05, 4.69) is 0 Å². The second kappa shape index (κ2) is 5.47. The SMILES string of the molecule is CC(C)S(=O)(=O)N1CCCC1C1CCCCC1O. The van der Waals surface area contributed by atoms with Crippen LogP contribution in [-0.4, -0.2) is 41.8 Å². The second-order valence-electron chi connectivity index (χ2n) is 5.93. The molecule has 106 valence electrons. The topological polar surface area (TPSA) is 57.6 Å². The van der Waals surface area contributed by atoms with E-state index in [1.807, 2.05) is 0 Å². The third-order valence-corrected chi connectivity index (χ3v) is 6.75. The number of hydrogen-bond acceptors (Lipinski definition) is 3. The summed E-state index contributed by atoms with van der Waals surface area (Å²) in [6.45, 7) is 4.11. The molecule has 2 fully saturated rings. The minimum Gasteiger partial charge on any atom is -0.393 e. The Morgan fingerprint density at radius 1 is 1.11 bits per heavy atom. The van der Waals surface area contributed by atoms with Gasteiger partial charge in [0.2, 0.25) is 10.0 Å². The van der Waals surface area contributed by atoms with Crippen molar-refractivity contribution < 1.29 is 13.5 Å². The molecule has 0 amide bonds. The first-order valence-electron chi connectivity index (χ1n) is 7.13. The summed E-state index contributed by atoms with van der Waals surface area (Å²) in [4.78, 5) is 0. The van der Waals surface area contributed by atoms with Crippen molar-refractivity contribution in [2.75, 3.05) is 6.54 Å². The van der Waals surface area contributed by atoms with Crippen molar-refractivity contribution in [3.8, 4) is 0 Å². The van der Waals surface area contributed by atoms with Crippen LogP contribution in [0.3, 0.4) is 0 Å². The lowest BCUT2D eigenvalue weighted by atomic mass is 9.81. The molecule has 0 aromatic rings. The molecule has 1 aliphatic heterocycles. The number of rotatable bonds is 3. The lowest BCUT2D eigenvalue weighted by Gasteiger charge is -2.37. The molecule has 1 heterocycles. The molecule has 2 rings (SSSR count). The quantitative estimate of drug-likeness (QED) is 0.853. The van der Waals surface area contributed by atoms with Crippen molar-refractivity contribution in [2.45, 2.75) is 69.8 Å². The van der Waals surface area contributed by atoms with Crippen molar-refractivity contribution in [2.24, 2.45) is 5.92 Å². The van der Waals surface area contributed by atoms with E-state index in [-0.39, 0.29) is 23.3 Å². The molecule has 0 spiro atoms. The Kier molecular flexibility index (Phi) is 4.34. The predicted octanol–water partition coefficient (Wildman–Crippen LogP) is 1.74. The Hall–Kier alpha value is -0.130. The molecule has 0 bridgehead atoms. The molecule has 0 aromatic heterocycles.